The molecule has 8 heteroatoms. The largest absolute Gasteiger partial charge is 0.481 e. The average molecular weight is 332 g/mol. The molecule has 122 valence electrons. The summed E-state index contributed by atoms with van der Waals surface area (Å²) in [6.45, 7) is 3.32. The molecule has 0 aromatic heterocycles. The topological polar surface area (TPSA) is 78.4 Å². The van der Waals surface area contributed by atoms with E-state index in [-0.39, 0.29) is 23.4 Å². The molecule has 0 unspecified atom stereocenters. The second kappa shape index (κ2) is 7.44. The molecule has 0 saturated carbocycles. The maximum absolute atomic E-state index is 13.6. The Hall–Kier alpha value is -1.83. The fourth-order valence-corrected chi connectivity index (χ4v) is 2.29. The molecule has 0 aliphatic carbocycles. The van der Waals surface area contributed by atoms with Gasteiger partial charge in [0.05, 0.1) is 4.90 Å². The predicted octanol–water partition coefficient (Wildman–Crippen LogP) is 3.45. The second-order valence-electron chi connectivity index (χ2n) is 5.33. The van der Waals surface area contributed by atoms with Gasteiger partial charge < -0.3 is 15.7 Å². The highest BCUT2D eigenvalue weighted by Gasteiger charge is 2.22. The normalized spacial score (nSPS) is 11.1. The molecule has 0 aliphatic rings. The van der Waals surface area contributed by atoms with Gasteiger partial charge in [-0.2, -0.15) is 0 Å². The number of carboxylic acid groups (broad SMARTS) is 1. The summed E-state index contributed by atoms with van der Waals surface area (Å²) in [4.78, 5) is 22.3. The van der Waals surface area contributed by atoms with Crippen LogP contribution >= 0.6 is 11.8 Å². The van der Waals surface area contributed by atoms with Crippen molar-refractivity contribution in [1.29, 1.82) is 0 Å². The first-order valence-corrected chi connectivity index (χ1v) is 7.71. The number of carbonyl (C=O) groups excluding carboxylic acids is 1. The van der Waals surface area contributed by atoms with Gasteiger partial charge in [-0.15, -0.1) is 11.8 Å². The molecule has 5 nitrogen and oxygen atoms in total. The lowest BCUT2D eigenvalue weighted by Crippen LogP contribution is -2.45. The molecular formula is C14H18F2N2O3S. The van der Waals surface area contributed by atoms with Gasteiger partial charge in [-0.05, 0) is 38.7 Å². The SMILES string of the molecule is CSc1c(F)cc(NC(=O)NC(C)(C)CCC(=O)O)cc1F. The number of carbonyl (C=O) groups is 2. The van der Waals surface area contributed by atoms with E-state index in [9.17, 15) is 18.4 Å². The zero-order valence-electron chi connectivity index (χ0n) is 12.5. The molecule has 0 aliphatic heterocycles. The molecule has 0 fully saturated rings. The van der Waals surface area contributed by atoms with Gasteiger partial charge in [-0.25, -0.2) is 13.6 Å². The summed E-state index contributed by atoms with van der Waals surface area (Å²) < 4.78 is 27.2. The Kier molecular flexibility index (Phi) is 6.16. The van der Waals surface area contributed by atoms with Crippen molar-refractivity contribution < 1.29 is 23.5 Å². The first-order chi connectivity index (χ1) is 10.1. The van der Waals surface area contributed by atoms with E-state index in [0.717, 1.165) is 23.9 Å². The lowest BCUT2D eigenvalue weighted by atomic mass is 9.99. The van der Waals surface area contributed by atoms with Crippen LogP contribution in [0.15, 0.2) is 17.0 Å². The Morgan fingerprint density at radius 1 is 1.27 bits per heavy atom. The first-order valence-electron chi connectivity index (χ1n) is 6.48. The maximum Gasteiger partial charge on any atom is 0.319 e. The number of hydrogen-bond acceptors (Lipinski definition) is 3. The second-order valence-corrected chi connectivity index (χ2v) is 6.15. The van der Waals surface area contributed by atoms with Crippen molar-refractivity contribution in [3.63, 3.8) is 0 Å². The van der Waals surface area contributed by atoms with Crippen LogP contribution in [0.25, 0.3) is 0 Å². The monoisotopic (exact) mass is 332 g/mol. The summed E-state index contributed by atoms with van der Waals surface area (Å²) in [7, 11) is 0. The number of thioether (sulfide) groups is 1. The van der Waals surface area contributed by atoms with Crippen LogP contribution in [0.4, 0.5) is 19.3 Å². The minimum absolute atomic E-state index is 0.0145. The molecule has 1 aromatic rings. The van der Waals surface area contributed by atoms with Gasteiger partial charge in [0, 0.05) is 17.6 Å². The highest BCUT2D eigenvalue weighted by molar-refractivity contribution is 7.98. The zero-order chi connectivity index (χ0) is 16.9. The van der Waals surface area contributed by atoms with Crippen molar-refractivity contribution in [2.75, 3.05) is 11.6 Å². The Morgan fingerprint density at radius 3 is 2.27 bits per heavy atom. The molecule has 2 amide bonds. The molecule has 0 radical (unpaired) electrons. The third-order valence-electron chi connectivity index (χ3n) is 2.88. The first kappa shape index (κ1) is 18.2. The van der Waals surface area contributed by atoms with E-state index in [0.29, 0.717) is 0 Å². The highest BCUT2D eigenvalue weighted by atomic mass is 32.2. The Morgan fingerprint density at radius 2 is 1.82 bits per heavy atom. The summed E-state index contributed by atoms with van der Waals surface area (Å²) in [5.74, 6) is -2.48. The lowest BCUT2D eigenvalue weighted by Gasteiger charge is -2.25. The van der Waals surface area contributed by atoms with Crippen molar-refractivity contribution >= 4 is 29.4 Å². The van der Waals surface area contributed by atoms with Crippen LogP contribution in [0.1, 0.15) is 26.7 Å². The Bertz CT molecular complexity index is 556. The molecule has 0 bridgehead atoms. The summed E-state index contributed by atoms with van der Waals surface area (Å²) in [6.07, 6.45) is 1.68. The number of aliphatic carboxylic acids is 1. The lowest BCUT2D eigenvalue weighted by molar-refractivity contribution is -0.137. The number of urea groups is 1. The highest BCUT2D eigenvalue weighted by Crippen LogP contribution is 2.26. The third-order valence-corrected chi connectivity index (χ3v) is 3.67. The van der Waals surface area contributed by atoms with Crippen LogP contribution in [0.2, 0.25) is 0 Å². The van der Waals surface area contributed by atoms with E-state index in [1.54, 1.807) is 20.1 Å². The van der Waals surface area contributed by atoms with E-state index in [1.165, 1.54) is 0 Å². The van der Waals surface area contributed by atoms with Crippen LogP contribution in [-0.4, -0.2) is 28.9 Å². The molecule has 22 heavy (non-hydrogen) atoms. The van der Waals surface area contributed by atoms with Crippen LogP contribution in [0, 0.1) is 11.6 Å². The summed E-state index contributed by atoms with van der Waals surface area (Å²) >= 11 is 0.935. The van der Waals surface area contributed by atoms with Gasteiger partial charge in [-0.1, -0.05) is 0 Å². The summed E-state index contributed by atoms with van der Waals surface area (Å²) in [5.41, 5.74) is -0.780. The van der Waals surface area contributed by atoms with Gasteiger partial charge in [0.2, 0.25) is 0 Å². The van der Waals surface area contributed by atoms with Crippen molar-refractivity contribution in [2.24, 2.45) is 0 Å². The van der Waals surface area contributed by atoms with Gasteiger partial charge >= 0.3 is 12.0 Å². The van der Waals surface area contributed by atoms with Crippen LogP contribution in [-0.2, 0) is 4.79 Å². The molecule has 1 rings (SSSR count). The quantitative estimate of drug-likeness (QED) is 0.697. The van der Waals surface area contributed by atoms with Crippen molar-refractivity contribution in [3.05, 3.63) is 23.8 Å². The molecule has 1 aromatic carbocycles. The van der Waals surface area contributed by atoms with E-state index in [1.807, 2.05) is 0 Å². The number of hydrogen-bond donors (Lipinski definition) is 3. The van der Waals surface area contributed by atoms with Gasteiger partial charge in [-0.3, -0.25) is 4.79 Å². The van der Waals surface area contributed by atoms with E-state index in [2.05, 4.69) is 10.6 Å². The summed E-state index contributed by atoms with van der Waals surface area (Å²) in [5, 5.41) is 13.5. The smallest absolute Gasteiger partial charge is 0.319 e. The third kappa shape index (κ3) is 5.51. The van der Waals surface area contributed by atoms with E-state index < -0.39 is 29.2 Å². The van der Waals surface area contributed by atoms with Crippen molar-refractivity contribution in [3.8, 4) is 0 Å². The summed E-state index contributed by atoms with van der Waals surface area (Å²) in [6, 6.07) is 1.39. The van der Waals surface area contributed by atoms with Gasteiger partial charge in [0.15, 0.2) is 0 Å². The number of nitrogens with one attached hydrogen (secondary N) is 2. The fraction of sp³-hybridized carbons (Fsp3) is 0.429. The number of rotatable bonds is 6. The molecule has 3 N–H and O–H groups in total. The van der Waals surface area contributed by atoms with E-state index >= 15 is 0 Å². The Balaban J connectivity index is 2.71. The van der Waals surface area contributed by atoms with Gasteiger partial charge in [0.1, 0.15) is 11.6 Å². The minimum Gasteiger partial charge on any atom is -0.481 e. The minimum atomic E-state index is -0.966. The fourth-order valence-electron chi connectivity index (χ4n) is 1.78. The number of benzene rings is 1. The standard InChI is InChI=1S/C14H18F2N2O3S/c1-14(2,5-4-11(19)20)18-13(21)17-8-6-9(15)12(22-3)10(16)7-8/h6-7H,4-5H2,1-3H3,(H,19,20)(H2,17,18,21). The number of anilines is 1. The maximum atomic E-state index is 13.6. The van der Waals surface area contributed by atoms with Gasteiger partial charge in [0.25, 0.3) is 0 Å². The molecule has 0 spiro atoms. The Labute approximate surface area is 131 Å². The van der Waals surface area contributed by atoms with Crippen LogP contribution in [0.5, 0.6) is 0 Å². The van der Waals surface area contributed by atoms with Crippen molar-refractivity contribution in [1.82, 2.24) is 5.32 Å². The average Bonchev–Trinajstić information content (AvgIpc) is 2.35. The number of carboxylic acids is 1. The zero-order valence-corrected chi connectivity index (χ0v) is 13.3. The molecule has 0 saturated heterocycles. The van der Waals surface area contributed by atoms with Crippen LogP contribution < -0.4 is 10.6 Å². The van der Waals surface area contributed by atoms with Crippen LogP contribution in [0.3, 0.4) is 0 Å². The van der Waals surface area contributed by atoms with Crippen molar-refractivity contribution in [2.45, 2.75) is 37.1 Å². The molecule has 0 heterocycles. The predicted molar refractivity (Wildman–Crippen MR) is 81.2 cm³/mol. The molecular weight excluding hydrogens is 314 g/mol. The number of halogens is 2. The molecule has 0 atom stereocenters. The number of amides is 2. The van der Waals surface area contributed by atoms with E-state index in [4.69, 9.17) is 5.11 Å².